The van der Waals surface area contributed by atoms with Crippen molar-refractivity contribution in [2.75, 3.05) is 19.7 Å². The lowest BCUT2D eigenvalue weighted by molar-refractivity contribution is -0.141. The predicted octanol–water partition coefficient (Wildman–Crippen LogP) is 3.29. The van der Waals surface area contributed by atoms with E-state index in [-0.39, 0.29) is 30.9 Å². The molecule has 2 aliphatic carbocycles. The van der Waals surface area contributed by atoms with E-state index in [1.165, 1.54) is 0 Å². The van der Waals surface area contributed by atoms with Crippen LogP contribution in [-0.2, 0) is 14.3 Å². The number of carboxylic acid groups (broad SMARTS) is 1. The van der Waals surface area contributed by atoms with Gasteiger partial charge in [0.1, 0.15) is 6.61 Å². The van der Waals surface area contributed by atoms with Crippen LogP contribution in [0.5, 0.6) is 0 Å². The Bertz CT molecular complexity index is 1080. The Morgan fingerprint density at radius 1 is 1.00 bits per heavy atom. The van der Waals surface area contributed by atoms with E-state index in [0.717, 1.165) is 41.5 Å². The van der Waals surface area contributed by atoms with Crippen LogP contribution in [0.3, 0.4) is 0 Å². The van der Waals surface area contributed by atoms with E-state index in [1.807, 2.05) is 24.3 Å². The van der Waals surface area contributed by atoms with Gasteiger partial charge in [-0.25, -0.2) is 4.79 Å². The minimum atomic E-state index is -0.859. The van der Waals surface area contributed by atoms with Gasteiger partial charge in [0.2, 0.25) is 0 Å². The monoisotopic (exact) mass is 446 g/mol. The zero-order chi connectivity index (χ0) is 23.3. The number of amides is 2. The number of alkyl carbamates (subject to hydrolysis) is 1. The summed E-state index contributed by atoms with van der Waals surface area (Å²) >= 11 is 0. The molecule has 2 aromatic carbocycles. The molecule has 1 fully saturated rings. The Hall–Kier alpha value is -3.79. The second-order valence-corrected chi connectivity index (χ2v) is 8.59. The molecule has 7 heteroatoms. The second-order valence-electron chi connectivity index (χ2n) is 8.59. The molecule has 4 rings (SSSR count). The minimum Gasteiger partial charge on any atom is -0.481 e. The van der Waals surface area contributed by atoms with E-state index in [2.05, 4.69) is 46.7 Å². The molecule has 2 amide bonds. The van der Waals surface area contributed by atoms with E-state index in [1.54, 1.807) is 0 Å². The molecule has 0 bridgehead atoms. The van der Waals surface area contributed by atoms with E-state index in [4.69, 9.17) is 9.84 Å². The first-order valence-corrected chi connectivity index (χ1v) is 11.0. The van der Waals surface area contributed by atoms with Gasteiger partial charge >= 0.3 is 12.1 Å². The fourth-order valence-electron chi connectivity index (χ4n) is 4.62. The fourth-order valence-corrected chi connectivity index (χ4v) is 4.62. The van der Waals surface area contributed by atoms with Crippen LogP contribution in [0.15, 0.2) is 48.5 Å². The Labute approximate surface area is 192 Å². The summed E-state index contributed by atoms with van der Waals surface area (Å²) in [5.74, 6) is 3.65. The quantitative estimate of drug-likeness (QED) is 0.566. The highest BCUT2D eigenvalue weighted by Crippen LogP contribution is 2.44. The zero-order valence-corrected chi connectivity index (χ0v) is 18.2. The summed E-state index contributed by atoms with van der Waals surface area (Å²) in [6, 6.07) is 16.2. The topological polar surface area (TPSA) is 105 Å². The van der Waals surface area contributed by atoms with Crippen LogP contribution >= 0.6 is 0 Å². The molecular formula is C26H26N2O5. The number of nitrogens with one attached hydrogen (secondary N) is 2. The molecule has 0 atom stereocenters. The normalized spacial score (nSPS) is 15.2. The van der Waals surface area contributed by atoms with E-state index in [9.17, 15) is 14.4 Å². The maximum absolute atomic E-state index is 12.1. The maximum Gasteiger partial charge on any atom is 0.407 e. The summed E-state index contributed by atoms with van der Waals surface area (Å²) in [4.78, 5) is 35.0. The summed E-state index contributed by atoms with van der Waals surface area (Å²) in [7, 11) is 0. The van der Waals surface area contributed by atoms with Gasteiger partial charge in [-0.1, -0.05) is 60.9 Å². The SMILES string of the molecule is O=C(O)CC1(CNC(=O)C#CCNC(=O)OCC2c3ccccc3-c3ccccc32)CCC1. The molecule has 2 aromatic rings. The molecule has 33 heavy (non-hydrogen) atoms. The molecule has 1 saturated carbocycles. The fraction of sp³-hybridized carbons (Fsp3) is 0.346. The Balaban J connectivity index is 1.22. The van der Waals surface area contributed by atoms with Crippen LogP contribution in [0.2, 0.25) is 0 Å². The standard InChI is InChI=1S/C26H26N2O5/c29-23(28-17-26(12-6-13-26)15-24(30)31)11-5-14-27-25(32)33-16-22-20-9-3-1-7-18(20)19-8-2-4-10-21(19)22/h1-4,7-10,22H,6,12-17H2,(H,27,32)(H,28,29)(H,30,31). The average molecular weight is 447 g/mol. The number of rotatable bonds is 7. The lowest BCUT2D eigenvalue weighted by Gasteiger charge is -2.40. The first-order valence-electron chi connectivity index (χ1n) is 11.0. The molecule has 170 valence electrons. The third kappa shape index (κ3) is 5.17. The molecule has 3 N–H and O–H groups in total. The van der Waals surface area contributed by atoms with Gasteiger partial charge in [0, 0.05) is 12.5 Å². The van der Waals surface area contributed by atoms with E-state index >= 15 is 0 Å². The van der Waals surface area contributed by atoms with Gasteiger partial charge in [0.15, 0.2) is 0 Å². The smallest absolute Gasteiger partial charge is 0.407 e. The molecule has 0 heterocycles. The third-order valence-corrected chi connectivity index (χ3v) is 6.43. The van der Waals surface area contributed by atoms with Crippen molar-refractivity contribution >= 4 is 18.0 Å². The van der Waals surface area contributed by atoms with Crippen molar-refractivity contribution in [2.45, 2.75) is 31.6 Å². The van der Waals surface area contributed by atoms with E-state index < -0.39 is 18.0 Å². The summed E-state index contributed by atoms with van der Waals surface area (Å²) in [6.07, 6.45) is 2.00. The number of hydrogen-bond acceptors (Lipinski definition) is 4. The Kier molecular flexibility index (Phi) is 6.64. The molecule has 7 nitrogen and oxygen atoms in total. The molecule has 0 aliphatic heterocycles. The number of ether oxygens (including phenoxy) is 1. The molecule has 0 unspecified atom stereocenters. The Morgan fingerprint density at radius 2 is 1.64 bits per heavy atom. The number of carboxylic acids is 1. The summed E-state index contributed by atoms with van der Waals surface area (Å²) in [5, 5.41) is 14.2. The van der Waals surface area contributed by atoms with Gasteiger partial charge in [0.25, 0.3) is 5.91 Å². The minimum absolute atomic E-state index is 0.0234. The first-order chi connectivity index (χ1) is 16.0. The molecule has 0 radical (unpaired) electrons. The van der Waals surface area contributed by atoms with Gasteiger partial charge in [0.05, 0.1) is 13.0 Å². The van der Waals surface area contributed by atoms with Crippen LogP contribution in [0.4, 0.5) is 4.79 Å². The van der Waals surface area contributed by atoms with Crippen LogP contribution in [-0.4, -0.2) is 42.8 Å². The highest BCUT2D eigenvalue weighted by molar-refractivity contribution is 5.93. The summed E-state index contributed by atoms with van der Waals surface area (Å²) < 4.78 is 5.42. The van der Waals surface area contributed by atoms with Gasteiger partial charge in [-0.3, -0.25) is 9.59 Å². The maximum atomic E-state index is 12.1. The zero-order valence-electron chi connectivity index (χ0n) is 18.2. The third-order valence-electron chi connectivity index (χ3n) is 6.43. The highest BCUT2D eigenvalue weighted by Gasteiger charge is 2.39. The lowest BCUT2D eigenvalue weighted by atomic mass is 9.66. The Morgan fingerprint density at radius 3 is 2.21 bits per heavy atom. The van der Waals surface area contributed by atoms with Crippen molar-refractivity contribution in [1.82, 2.24) is 10.6 Å². The van der Waals surface area contributed by atoms with Crippen molar-refractivity contribution in [1.29, 1.82) is 0 Å². The van der Waals surface area contributed by atoms with E-state index in [0.29, 0.717) is 6.54 Å². The number of carbonyl (C=O) groups excluding carboxylic acids is 2. The van der Waals surface area contributed by atoms with Crippen LogP contribution < -0.4 is 10.6 Å². The van der Waals surface area contributed by atoms with Gasteiger partial charge in [-0.2, -0.15) is 0 Å². The van der Waals surface area contributed by atoms with Crippen molar-refractivity contribution < 1.29 is 24.2 Å². The van der Waals surface area contributed by atoms with Crippen LogP contribution in [0.1, 0.15) is 42.7 Å². The van der Waals surface area contributed by atoms with Crippen LogP contribution in [0.25, 0.3) is 11.1 Å². The number of benzene rings is 2. The number of fused-ring (bicyclic) bond motifs is 3. The van der Waals surface area contributed by atoms with Crippen molar-refractivity contribution in [3.8, 4) is 23.0 Å². The molecule has 0 spiro atoms. The number of carbonyl (C=O) groups is 3. The number of aliphatic carboxylic acids is 1. The largest absolute Gasteiger partial charge is 0.481 e. The van der Waals surface area contributed by atoms with Crippen molar-refractivity contribution in [3.63, 3.8) is 0 Å². The highest BCUT2D eigenvalue weighted by atomic mass is 16.5. The van der Waals surface area contributed by atoms with Crippen LogP contribution in [0, 0.1) is 17.3 Å². The second kappa shape index (κ2) is 9.78. The summed E-state index contributed by atoms with van der Waals surface area (Å²) in [5.41, 5.74) is 4.23. The predicted molar refractivity (Wildman–Crippen MR) is 122 cm³/mol. The first kappa shape index (κ1) is 22.4. The van der Waals surface area contributed by atoms with Crippen molar-refractivity contribution in [2.24, 2.45) is 5.41 Å². The molecule has 0 saturated heterocycles. The summed E-state index contributed by atoms with van der Waals surface area (Å²) in [6.45, 7) is 0.483. The molecular weight excluding hydrogens is 420 g/mol. The van der Waals surface area contributed by atoms with Gasteiger partial charge in [-0.05, 0) is 46.4 Å². The average Bonchev–Trinajstić information content (AvgIpc) is 3.10. The number of hydrogen-bond donors (Lipinski definition) is 3. The lowest BCUT2D eigenvalue weighted by Crippen LogP contribution is -2.43. The van der Waals surface area contributed by atoms with Crippen molar-refractivity contribution in [3.05, 3.63) is 59.7 Å². The van der Waals surface area contributed by atoms with Gasteiger partial charge < -0.3 is 20.5 Å². The molecule has 2 aliphatic rings. The molecule has 0 aromatic heterocycles. The van der Waals surface area contributed by atoms with Gasteiger partial charge in [-0.15, -0.1) is 0 Å².